The van der Waals surface area contributed by atoms with Gasteiger partial charge >= 0.3 is 0 Å². The van der Waals surface area contributed by atoms with Crippen LogP contribution in [0.4, 0.5) is 0 Å². The normalized spacial score (nSPS) is 39.4. The summed E-state index contributed by atoms with van der Waals surface area (Å²) >= 11 is 0. The maximum atomic E-state index is 11.7. The van der Waals surface area contributed by atoms with Crippen molar-refractivity contribution in [3.63, 3.8) is 0 Å². The Labute approximate surface area is 118 Å². The Morgan fingerprint density at radius 2 is 1.74 bits per heavy atom. The minimum atomic E-state index is -2.79. The third-order valence-corrected chi connectivity index (χ3v) is 7.48. The van der Waals surface area contributed by atoms with Crippen LogP contribution in [0.2, 0.25) is 0 Å². The fourth-order valence-electron chi connectivity index (χ4n) is 4.12. The molecule has 19 heavy (non-hydrogen) atoms. The second kappa shape index (κ2) is 5.03. The summed E-state index contributed by atoms with van der Waals surface area (Å²) in [6.07, 6.45) is 5.48. The molecule has 0 amide bonds. The minimum Gasteiger partial charge on any atom is -0.330 e. The number of rotatable bonds is 2. The van der Waals surface area contributed by atoms with Crippen LogP contribution in [0, 0.1) is 22.7 Å². The maximum absolute atomic E-state index is 11.7. The predicted octanol–water partition coefficient (Wildman–Crippen LogP) is 2.60. The molecule has 1 unspecified atom stereocenters. The van der Waals surface area contributed by atoms with Gasteiger partial charge < -0.3 is 5.73 Å². The first-order valence-electron chi connectivity index (χ1n) is 7.59. The van der Waals surface area contributed by atoms with E-state index in [9.17, 15) is 8.42 Å². The monoisotopic (exact) mass is 287 g/mol. The van der Waals surface area contributed by atoms with E-state index in [1.165, 1.54) is 12.8 Å². The highest BCUT2D eigenvalue weighted by molar-refractivity contribution is 7.91. The first-order valence-corrected chi connectivity index (χ1v) is 9.41. The Kier molecular flexibility index (Phi) is 4.05. The summed E-state index contributed by atoms with van der Waals surface area (Å²) in [5.74, 6) is 1.82. The molecule has 0 aromatic rings. The van der Waals surface area contributed by atoms with E-state index in [0.29, 0.717) is 29.4 Å². The first kappa shape index (κ1) is 15.3. The van der Waals surface area contributed by atoms with Gasteiger partial charge in [-0.05, 0) is 61.3 Å². The van der Waals surface area contributed by atoms with Gasteiger partial charge in [-0.3, -0.25) is 0 Å². The Morgan fingerprint density at radius 1 is 1.16 bits per heavy atom. The molecular weight excluding hydrogens is 258 g/mol. The third-order valence-electron chi connectivity index (χ3n) is 5.71. The summed E-state index contributed by atoms with van der Waals surface area (Å²) in [4.78, 5) is 0. The molecule has 1 atom stereocenters. The van der Waals surface area contributed by atoms with Gasteiger partial charge in [-0.15, -0.1) is 0 Å². The molecule has 2 rings (SSSR count). The second-order valence-electron chi connectivity index (χ2n) is 7.81. The van der Waals surface area contributed by atoms with E-state index in [0.717, 1.165) is 25.2 Å². The number of sulfone groups is 1. The molecule has 1 aliphatic heterocycles. The van der Waals surface area contributed by atoms with Crippen molar-refractivity contribution in [3.8, 4) is 0 Å². The van der Waals surface area contributed by atoms with Crippen molar-refractivity contribution in [1.82, 2.24) is 0 Å². The van der Waals surface area contributed by atoms with Crippen LogP contribution >= 0.6 is 0 Å². The van der Waals surface area contributed by atoms with Gasteiger partial charge in [-0.25, -0.2) is 8.42 Å². The number of hydrogen-bond donors (Lipinski definition) is 1. The quantitative estimate of drug-likeness (QED) is 0.849. The molecule has 2 aliphatic rings. The summed E-state index contributed by atoms with van der Waals surface area (Å²) in [7, 11) is -2.79. The lowest BCUT2D eigenvalue weighted by molar-refractivity contribution is 0.0544. The molecule has 2 fully saturated rings. The topological polar surface area (TPSA) is 60.2 Å². The van der Waals surface area contributed by atoms with Crippen molar-refractivity contribution in [2.75, 3.05) is 18.1 Å². The Balaban J connectivity index is 2.07. The third kappa shape index (κ3) is 3.15. The summed E-state index contributed by atoms with van der Waals surface area (Å²) < 4.78 is 23.4. The highest BCUT2D eigenvalue weighted by Crippen LogP contribution is 2.50. The lowest BCUT2D eigenvalue weighted by Crippen LogP contribution is -2.43. The van der Waals surface area contributed by atoms with Crippen LogP contribution in [-0.2, 0) is 9.84 Å². The minimum absolute atomic E-state index is 0.103. The Bertz CT molecular complexity index is 414. The van der Waals surface area contributed by atoms with Crippen molar-refractivity contribution in [1.29, 1.82) is 0 Å². The molecule has 0 aromatic heterocycles. The van der Waals surface area contributed by atoms with Crippen LogP contribution in [0.1, 0.15) is 52.9 Å². The molecule has 0 radical (unpaired) electrons. The zero-order valence-electron chi connectivity index (χ0n) is 12.6. The van der Waals surface area contributed by atoms with Crippen LogP contribution in [-0.4, -0.2) is 26.5 Å². The zero-order chi connectivity index (χ0) is 14.3. The molecule has 0 bridgehead atoms. The molecule has 1 heterocycles. The molecule has 2 N–H and O–H groups in total. The fraction of sp³-hybridized carbons (Fsp3) is 1.00. The fourth-order valence-corrected chi connectivity index (χ4v) is 6.06. The standard InChI is InChI=1S/C15H29NO2S/c1-14(2,3)12-4-7-15(11-16,8-5-12)13-6-9-19(17,18)10-13/h12-13H,4-11,16H2,1-3H3. The van der Waals surface area contributed by atoms with Crippen molar-refractivity contribution in [3.05, 3.63) is 0 Å². The molecule has 1 saturated carbocycles. The molecule has 3 nitrogen and oxygen atoms in total. The molecule has 1 saturated heterocycles. The maximum Gasteiger partial charge on any atom is 0.150 e. The largest absolute Gasteiger partial charge is 0.330 e. The van der Waals surface area contributed by atoms with Gasteiger partial charge in [-0.1, -0.05) is 20.8 Å². The van der Waals surface area contributed by atoms with Crippen LogP contribution < -0.4 is 5.73 Å². The summed E-state index contributed by atoms with van der Waals surface area (Å²) in [6.45, 7) is 7.59. The molecular formula is C15H29NO2S. The highest BCUT2D eigenvalue weighted by atomic mass is 32.2. The summed E-state index contributed by atoms with van der Waals surface area (Å²) in [6, 6.07) is 0. The van der Waals surface area contributed by atoms with Gasteiger partial charge in [0, 0.05) is 0 Å². The zero-order valence-corrected chi connectivity index (χ0v) is 13.4. The van der Waals surface area contributed by atoms with Crippen LogP contribution in [0.25, 0.3) is 0 Å². The summed E-state index contributed by atoms with van der Waals surface area (Å²) in [5, 5.41) is 0. The van der Waals surface area contributed by atoms with E-state index >= 15 is 0 Å². The van der Waals surface area contributed by atoms with E-state index in [1.54, 1.807) is 0 Å². The van der Waals surface area contributed by atoms with Gasteiger partial charge in [-0.2, -0.15) is 0 Å². The van der Waals surface area contributed by atoms with E-state index in [-0.39, 0.29) is 5.41 Å². The van der Waals surface area contributed by atoms with Gasteiger partial charge in [0.2, 0.25) is 0 Å². The average molecular weight is 287 g/mol. The summed E-state index contributed by atoms with van der Waals surface area (Å²) in [5.41, 5.74) is 6.53. The van der Waals surface area contributed by atoms with E-state index in [2.05, 4.69) is 20.8 Å². The molecule has 0 aromatic carbocycles. The lowest BCUT2D eigenvalue weighted by atomic mass is 9.59. The van der Waals surface area contributed by atoms with Gasteiger partial charge in [0.25, 0.3) is 0 Å². The molecule has 0 spiro atoms. The molecule has 1 aliphatic carbocycles. The van der Waals surface area contributed by atoms with E-state index < -0.39 is 9.84 Å². The van der Waals surface area contributed by atoms with E-state index in [1.807, 2.05) is 0 Å². The molecule has 112 valence electrons. The highest BCUT2D eigenvalue weighted by Gasteiger charge is 2.46. The van der Waals surface area contributed by atoms with E-state index in [4.69, 9.17) is 5.73 Å². The van der Waals surface area contributed by atoms with Crippen LogP contribution in [0.3, 0.4) is 0 Å². The van der Waals surface area contributed by atoms with Gasteiger partial charge in [0.1, 0.15) is 0 Å². The first-order chi connectivity index (χ1) is 8.69. The number of nitrogens with two attached hydrogens (primary N) is 1. The van der Waals surface area contributed by atoms with Crippen molar-refractivity contribution in [2.45, 2.75) is 52.9 Å². The second-order valence-corrected chi connectivity index (χ2v) is 10.0. The Hall–Kier alpha value is -0.0900. The SMILES string of the molecule is CC(C)(C)C1CCC(CN)(C2CCS(=O)(=O)C2)CC1. The van der Waals surface area contributed by atoms with Gasteiger partial charge in [0.05, 0.1) is 11.5 Å². The van der Waals surface area contributed by atoms with Crippen molar-refractivity contribution >= 4 is 9.84 Å². The Morgan fingerprint density at radius 3 is 2.11 bits per heavy atom. The van der Waals surface area contributed by atoms with Crippen molar-refractivity contribution < 1.29 is 8.42 Å². The average Bonchev–Trinajstić information content (AvgIpc) is 2.69. The van der Waals surface area contributed by atoms with Crippen LogP contribution in [0.5, 0.6) is 0 Å². The smallest absolute Gasteiger partial charge is 0.150 e. The lowest BCUT2D eigenvalue weighted by Gasteiger charge is -2.46. The predicted molar refractivity (Wildman–Crippen MR) is 79.7 cm³/mol. The number of hydrogen-bond acceptors (Lipinski definition) is 3. The van der Waals surface area contributed by atoms with Crippen LogP contribution in [0.15, 0.2) is 0 Å². The van der Waals surface area contributed by atoms with Gasteiger partial charge in [0.15, 0.2) is 9.84 Å². The van der Waals surface area contributed by atoms with Crippen molar-refractivity contribution in [2.24, 2.45) is 28.4 Å². The molecule has 4 heteroatoms.